The maximum atomic E-state index is 13.3. The number of aryl methyl sites for hydroxylation is 1. The van der Waals surface area contributed by atoms with Crippen molar-refractivity contribution in [1.29, 1.82) is 5.26 Å². The Hall–Kier alpha value is -3.85. The average Bonchev–Trinajstić information content (AvgIpc) is 2.86. The topological polar surface area (TPSA) is 75.3 Å². The highest BCUT2D eigenvalue weighted by Gasteiger charge is 2.46. The highest BCUT2D eigenvalue weighted by atomic mass is 16.6. The minimum absolute atomic E-state index is 0.0579. The number of nitrogens with zero attached hydrogens (tertiary/aromatic N) is 3. The van der Waals surface area contributed by atoms with Crippen LogP contribution in [0.3, 0.4) is 0 Å². The molecule has 4 rings (SSSR count). The van der Waals surface area contributed by atoms with Crippen LogP contribution in [-0.4, -0.2) is 22.1 Å². The van der Waals surface area contributed by atoms with E-state index in [0.29, 0.717) is 19.4 Å². The lowest BCUT2D eigenvalue weighted by Gasteiger charge is -2.45. The first kappa shape index (κ1) is 24.3. The second-order valence-electron chi connectivity index (χ2n) is 10.0. The molecule has 35 heavy (non-hydrogen) atoms. The molecule has 2 aromatic carbocycles. The van der Waals surface area contributed by atoms with Gasteiger partial charge in [-0.2, -0.15) is 5.26 Å². The third-order valence-electron chi connectivity index (χ3n) is 6.90. The Labute approximate surface area is 206 Å². The highest BCUT2D eigenvalue weighted by molar-refractivity contribution is 5.70. The molecule has 0 N–H and O–H groups in total. The first-order chi connectivity index (χ1) is 16.6. The molecule has 2 unspecified atom stereocenters. The Morgan fingerprint density at radius 1 is 1.06 bits per heavy atom. The van der Waals surface area contributed by atoms with Gasteiger partial charge in [0, 0.05) is 38.7 Å². The zero-order valence-electron chi connectivity index (χ0n) is 20.7. The van der Waals surface area contributed by atoms with E-state index in [9.17, 15) is 14.9 Å². The van der Waals surface area contributed by atoms with Crippen molar-refractivity contribution in [1.82, 2.24) is 9.47 Å². The van der Waals surface area contributed by atoms with Crippen LogP contribution in [0, 0.1) is 16.7 Å². The SMILES string of the molecule is CC(c1ccc(-c2ccn(C)c(=O)c2)cc1)N1CCC(CC(C)(C)C#N)(c2ccccc2)OC1=O. The molecule has 0 spiro atoms. The number of hydrogen-bond acceptors (Lipinski definition) is 4. The average molecular weight is 470 g/mol. The molecular formula is C29H31N3O3. The zero-order valence-corrected chi connectivity index (χ0v) is 20.7. The summed E-state index contributed by atoms with van der Waals surface area (Å²) in [5.41, 5.74) is 2.17. The summed E-state index contributed by atoms with van der Waals surface area (Å²) >= 11 is 0. The Bertz CT molecular complexity index is 1310. The van der Waals surface area contributed by atoms with Crippen molar-refractivity contribution in [3.05, 3.63) is 94.4 Å². The standard InChI is InChI=1S/C29H31N3O3/c1-21(22-10-12-23(13-11-22)24-14-16-31(4)26(33)18-24)32-17-15-29(35-27(32)34,19-28(2,3)20-30)25-8-6-5-7-9-25/h5-14,16,18,21H,15,17,19H2,1-4H3. The van der Waals surface area contributed by atoms with Crippen molar-refractivity contribution >= 4 is 6.09 Å². The van der Waals surface area contributed by atoms with E-state index in [4.69, 9.17) is 4.74 Å². The summed E-state index contributed by atoms with van der Waals surface area (Å²) in [5, 5.41) is 9.65. The molecule has 0 bridgehead atoms. The predicted octanol–water partition coefficient (Wildman–Crippen LogP) is 5.79. The summed E-state index contributed by atoms with van der Waals surface area (Å²) in [6.07, 6.45) is 2.41. The fourth-order valence-electron chi connectivity index (χ4n) is 4.81. The number of ether oxygens (including phenoxy) is 1. The van der Waals surface area contributed by atoms with E-state index < -0.39 is 11.0 Å². The van der Waals surface area contributed by atoms with Crippen LogP contribution in [0.5, 0.6) is 0 Å². The van der Waals surface area contributed by atoms with Crippen LogP contribution in [0.1, 0.15) is 50.8 Å². The number of hydrogen-bond donors (Lipinski definition) is 0. The van der Waals surface area contributed by atoms with Gasteiger partial charge in [0.1, 0.15) is 5.60 Å². The molecule has 0 aliphatic carbocycles. The minimum Gasteiger partial charge on any atom is -0.438 e. The molecule has 6 nitrogen and oxygen atoms in total. The van der Waals surface area contributed by atoms with Crippen LogP contribution in [0.2, 0.25) is 0 Å². The molecule has 2 atom stereocenters. The van der Waals surface area contributed by atoms with Gasteiger partial charge >= 0.3 is 6.09 Å². The largest absolute Gasteiger partial charge is 0.438 e. The van der Waals surface area contributed by atoms with Gasteiger partial charge in [-0.1, -0.05) is 54.6 Å². The van der Waals surface area contributed by atoms with E-state index in [1.165, 1.54) is 4.57 Å². The minimum atomic E-state index is -0.836. The number of pyridine rings is 1. The first-order valence-electron chi connectivity index (χ1n) is 11.9. The van der Waals surface area contributed by atoms with Gasteiger partial charge in [0.2, 0.25) is 0 Å². The lowest BCUT2D eigenvalue weighted by Crippen LogP contribution is -2.50. The number of aromatic nitrogens is 1. The van der Waals surface area contributed by atoms with Crippen LogP contribution in [0.25, 0.3) is 11.1 Å². The molecule has 1 aromatic heterocycles. The molecule has 3 aromatic rings. The zero-order chi connectivity index (χ0) is 25.2. The molecular weight excluding hydrogens is 438 g/mol. The van der Waals surface area contributed by atoms with E-state index >= 15 is 0 Å². The summed E-state index contributed by atoms with van der Waals surface area (Å²) in [6, 6.07) is 23.4. The number of nitriles is 1. The number of carbonyl (C=O) groups excluding carboxylic acids is 1. The molecule has 2 heterocycles. The Balaban J connectivity index is 1.55. The number of benzene rings is 2. The van der Waals surface area contributed by atoms with E-state index in [1.807, 2.05) is 81.4 Å². The Morgan fingerprint density at radius 3 is 2.34 bits per heavy atom. The van der Waals surface area contributed by atoms with Crippen LogP contribution >= 0.6 is 0 Å². The van der Waals surface area contributed by atoms with Crippen molar-refractivity contribution in [2.45, 2.75) is 45.3 Å². The second-order valence-corrected chi connectivity index (χ2v) is 10.0. The summed E-state index contributed by atoms with van der Waals surface area (Å²) in [7, 11) is 1.72. The van der Waals surface area contributed by atoms with Crippen LogP contribution in [0.15, 0.2) is 77.7 Å². The van der Waals surface area contributed by atoms with E-state index in [2.05, 4.69) is 6.07 Å². The fraction of sp³-hybridized carbons (Fsp3) is 0.345. The number of rotatable bonds is 6. The lowest BCUT2D eigenvalue weighted by molar-refractivity contribution is -0.0770. The van der Waals surface area contributed by atoms with Crippen LogP contribution in [0.4, 0.5) is 4.79 Å². The van der Waals surface area contributed by atoms with Crippen molar-refractivity contribution in [3.8, 4) is 17.2 Å². The predicted molar refractivity (Wildman–Crippen MR) is 135 cm³/mol. The molecule has 1 fully saturated rings. The van der Waals surface area contributed by atoms with Crippen molar-refractivity contribution in [3.63, 3.8) is 0 Å². The highest BCUT2D eigenvalue weighted by Crippen LogP contribution is 2.44. The molecule has 1 aliphatic heterocycles. The molecule has 1 amide bonds. The van der Waals surface area contributed by atoms with Gasteiger partial charge in [0.15, 0.2) is 0 Å². The first-order valence-corrected chi connectivity index (χ1v) is 11.9. The number of amides is 1. The van der Waals surface area contributed by atoms with E-state index in [-0.39, 0.29) is 17.7 Å². The number of cyclic esters (lactones) is 1. The van der Waals surface area contributed by atoms with Gasteiger partial charge in [-0.3, -0.25) is 4.79 Å². The van der Waals surface area contributed by atoms with Crippen molar-refractivity contribution in [2.24, 2.45) is 12.5 Å². The normalized spacial score (nSPS) is 19.1. The van der Waals surface area contributed by atoms with Gasteiger partial charge in [0.25, 0.3) is 5.56 Å². The number of carbonyl (C=O) groups is 1. The Morgan fingerprint density at radius 2 is 1.74 bits per heavy atom. The van der Waals surface area contributed by atoms with E-state index in [0.717, 1.165) is 22.3 Å². The molecule has 180 valence electrons. The van der Waals surface area contributed by atoms with Crippen molar-refractivity contribution in [2.75, 3.05) is 6.54 Å². The molecule has 1 saturated heterocycles. The van der Waals surface area contributed by atoms with Gasteiger partial charge in [-0.05, 0) is 49.1 Å². The van der Waals surface area contributed by atoms with Gasteiger partial charge in [-0.25, -0.2) is 4.79 Å². The monoisotopic (exact) mass is 469 g/mol. The van der Waals surface area contributed by atoms with Crippen LogP contribution in [-0.2, 0) is 17.4 Å². The van der Waals surface area contributed by atoms with Crippen molar-refractivity contribution < 1.29 is 9.53 Å². The summed E-state index contributed by atoms with van der Waals surface area (Å²) in [6.45, 7) is 6.27. The maximum absolute atomic E-state index is 13.3. The molecule has 1 aliphatic rings. The van der Waals surface area contributed by atoms with Gasteiger partial charge in [-0.15, -0.1) is 0 Å². The van der Waals surface area contributed by atoms with Crippen LogP contribution < -0.4 is 5.56 Å². The summed E-state index contributed by atoms with van der Waals surface area (Å²) in [4.78, 5) is 27.0. The van der Waals surface area contributed by atoms with Gasteiger partial charge in [0.05, 0.1) is 17.5 Å². The lowest BCUT2D eigenvalue weighted by atomic mass is 9.75. The fourth-order valence-corrected chi connectivity index (χ4v) is 4.81. The molecule has 6 heteroatoms. The third-order valence-corrected chi connectivity index (χ3v) is 6.90. The molecule has 0 saturated carbocycles. The Kier molecular flexibility index (Phi) is 6.53. The quantitative estimate of drug-likeness (QED) is 0.458. The van der Waals surface area contributed by atoms with E-state index in [1.54, 1.807) is 24.2 Å². The summed E-state index contributed by atoms with van der Waals surface area (Å²) < 4.78 is 7.71. The second kappa shape index (κ2) is 9.42. The smallest absolute Gasteiger partial charge is 0.411 e. The maximum Gasteiger partial charge on any atom is 0.411 e. The molecule has 0 radical (unpaired) electrons. The third kappa shape index (κ3) is 5.00. The summed E-state index contributed by atoms with van der Waals surface area (Å²) in [5.74, 6) is 0. The van der Waals surface area contributed by atoms with Gasteiger partial charge < -0.3 is 14.2 Å².